The highest BCUT2D eigenvalue weighted by Crippen LogP contribution is 2.38. The number of hydrogen-bond acceptors (Lipinski definition) is 3. The van der Waals surface area contributed by atoms with Crippen molar-refractivity contribution in [3.05, 3.63) is 70.3 Å². The molecule has 4 rings (SSSR count). The first kappa shape index (κ1) is 29.7. The zero-order chi connectivity index (χ0) is 29.4. The van der Waals surface area contributed by atoms with E-state index in [2.05, 4.69) is 4.90 Å². The van der Waals surface area contributed by atoms with E-state index >= 15 is 0 Å². The SMILES string of the molecule is Cc1ccc([C@@H]2CN(C3CCN(C(=O)O)CC3)CC[C@H]2N(C)C(=O)c2cc(C(F)(F)F)cc(C(F)(F)F)c2)cc1. The molecule has 2 fully saturated rings. The van der Waals surface area contributed by atoms with Crippen LogP contribution < -0.4 is 0 Å². The molecular formula is C28H31F6N3O3. The predicted molar refractivity (Wildman–Crippen MR) is 135 cm³/mol. The number of likely N-dealkylation sites (tertiary alicyclic amines) is 2. The molecule has 0 unspecified atom stereocenters. The molecule has 2 aromatic rings. The summed E-state index contributed by atoms with van der Waals surface area (Å²) < 4.78 is 80.6. The number of benzene rings is 2. The molecule has 2 aromatic carbocycles. The quantitative estimate of drug-likeness (QED) is 0.451. The standard InChI is InChI=1S/C28H31F6N3O3/c1-17-3-5-18(6-4-17)23-16-37(22-7-10-36(11-8-22)26(39)40)12-9-24(23)35(2)25(38)19-13-20(27(29,30)31)15-21(14-19)28(32,33)34/h3-6,13-15,22-24H,7-12,16H2,1-2H3,(H,39,40)/t23-,24+/m0/s1. The van der Waals surface area contributed by atoms with Gasteiger partial charge in [0.15, 0.2) is 0 Å². The second kappa shape index (κ2) is 11.3. The van der Waals surface area contributed by atoms with Crippen LogP contribution in [-0.2, 0) is 12.4 Å². The van der Waals surface area contributed by atoms with Gasteiger partial charge in [0.05, 0.1) is 11.1 Å². The van der Waals surface area contributed by atoms with Gasteiger partial charge in [-0.25, -0.2) is 4.79 Å². The van der Waals surface area contributed by atoms with E-state index in [4.69, 9.17) is 0 Å². The Bertz CT molecular complexity index is 1190. The first-order valence-corrected chi connectivity index (χ1v) is 13.0. The third kappa shape index (κ3) is 6.54. The number of carboxylic acid groups (broad SMARTS) is 1. The van der Waals surface area contributed by atoms with E-state index in [1.165, 1.54) is 16.8 Å². The Morgan fingerprint density at radius 2 is 1.43 bits per heavy atom. The van der Waals surface area contributed by atoms with Crippen molar-refractivity contribution in [1.29, 1.82) is 0 Å². The van der Waals surface area contributed by atoms with Gasteiger partial charge in [0, 0.05) is 56.8 Å². The molecule has 0 aliphatic carbocycles. The van der Waals surface area contributed by atoms with Crippen LogP contribution in [0.3, 0.4) is 0 Å². The number of nitrogens with zero attached hydrogens (tertiary/aromatic N) is 3. The zero-order valence-electron chi connectivity index (χ0n) is 22.1. The monoisotopic (exact) mass is 571 g/mol. The van der Waals surface area contributed by atoms with E-state index in [9.17, 15) is 41.0 Å². The summed E-state index contributed by atoms with van der Waals surface area (Å²) in [7, 11) is 1.42. The molecule has 6 nitrogen and oxygen atoms in total. The molecule has 0 saturated carbocycles. The fourth-order valence-corrected chi connectivity index (χ4v) is 5.76. The van der Waals surface area contributed by atoms with Gasteiger partial charge in [0.25, 0.3) is 5.91 Å². The molecule has 40 heavy (non-hydrogen) atoms. The normalized spacial score (nSPS) is 21.4. The molecule has 2 saturated heterocycles. The van der Waals surface area contributed by atoms with Crippen LogP contribution in [0.1, 0.15) is 57.8 Å². The van der Waals surface area contributed by atoms with Crippen LogP contribution in [0, 0.1) is 6.92 Å². The van der Waals surface area contributed by atoms with Crippen LogP contribution >= 0.6 is 0 Å². The van der Waals surface area contributed by atoms with E-state index in [1.807, 2.05) is 31.2 Å². The average molecular weight is 572 g/mol. The molecular weight excluding hydrogens is 540 g/mol. The first-order valence-electron chi connectivity index (χ1n) is 13.0. The van der Waals surface area contributed by atoms with Gasteiger partial charge >= 0.3 is 18.4 Å². The molecule has 2 atom stereocenters. The molecule has 2 aliphatic heterocycles. The number of likely N-dealkylation sites (N-methyl/N-ethyl adjacent to an activating group) is 1. The molecule has 0 bridgehead atoms. The second-order valence-electron chi connectivity index (χ2n) is 10.6. The Kier molecular flexibility index (Phi) is 8.39. The molecule has 2 aliphatic rings. The fourth-order valence-electron chi connectivity index (χ4n) is 5.76. The van der Waals surface area contributed by atoms with E-state index in [0.717, 1.165) is 11.1 Å². The molecule has 1 N–H and O–H groups in total. The van der Waals surface area contributed by atoms with E-state index in [-0.39, 0.29) is 18.0 Å². The van der Waals surface area contributed by atoms with Gasteiger partial charge in [0.2, 0.25) is 0 Å². The molecule has 12 heteroatoms. The second-order valence-corrected chi connectivity index (χ2v) is 10.6. The topological polar surface area (TPSA) is 64.1 Å². The van der Waals surface area contributed by atoms with Gasteiger partial charge in [-0.1, -0.05) is 29.8 Å². The number of aryl methyl sites for hydroxylation is 1. The van der Waals surface area contributed by atoms with Crippen LogP contribution in [0.25, 0.3) is 0 Å². The number of alkyl halides is 6. The molecule has 0 spiro atoms. The molecule has 0 aromatic heterocycles. The summed E-state index contributed by atoms with van der Waals surface area (Å²) in [4.78, 5) is 29.6. The summed E-state index contributed by atoms with van der Waals surface area (Å²) in [6.07, 6.45) is -9.32. The van der Waals surface area contributed by atoms with Gasteiger partial charge < -0.3 is 14.9 Å². The van der Waals surface area contributed by atoms with Crippen molar-refractivity contribution in [1.82, 2.24) is 14.7 Å². The van der Waals surface area contributed by atoms with Crippen LogP contribution in [0.2, 0.25) is 0 Å². The van der Waals surface area contributed by atoms with Gasteiger partial charge in [-0.2, -0.15) is 26.3 Å². The summed E-state index contributed by atoms with van der Waals surface area (Å²) in [5, 5.41) is 9.26. The predicted octanol–water partition coefficient (Wildman–Crippen LogP) is 6.11. The maximum atomic E-state index is 13.4. The summed E-state index contributed by atoms with van der Waals surface area (Å²) in [6, 6.07) is 8.29. The van der Waals surface area contributed by atoms with Crippen molar-refractivity contribution in [2.45, 2.75) is 56.5 Å². The molecule has 0 radical (unpaired) electrons. The number of rotatable bonds is 4. The third-order valence-electron chi connectivity index (χ3n) is 8.02. The average Bonchev–Trinajstić information content (AvgIpc) is 2.91. The highest BCUT2D eigenvalue weighted by atomic mass is 19.4. The van der Waals surface area contributed by atoms with Crippen LogP contribution in [0.5, 0.6) is 0 Å². The summed E-state index contributed by atoms with van der Waals surface area (Å²) in [5.41, 5.74) is -1.81. The van der Waals surface area contributed by atoms with Gasteiger partial charge in [-0.15, -0.1) is 0 Å². The highest BCUT2D eigenvalue weighted by molar-refractivity contribution is 5.95. The van der Waals surface area contributed by atoms with Crippen molar-refractivity contribution >= 4 is 12.0 Å². The van der Waals surface area contributed by atoms with E-state index in [1.54, 1.807) is 0 Å². The Morgan fingerprint density at radius 1 is 0.875 bits per heavy atom. The smallest absolute Gasteiger partial charge is 0.416 e. The van der Waals surface area contributed by atoms with Crippen molar-refractivity contribution < 1.29 is 41.0 Å². The highest BCUT2D eigenvalue weighted by Gasteiger charge is 2.41. The number of amides is 2. The number of halogens is 6. The lowest BCUT2D eigenvalue weighted by Crippen LogP contribution is -2.55. The van der Waals surface area contributed by atoms with Gasteiger partial charge in [-0.3, -0.25) is 9.69 Å². The van der Waals surface area contributed by atoms with Crippen LogP contribution in [0.4, 0.5) is 31.1 Å². The minimum Gasteiger partial charge on any atom is -0.465 e. The van der Waals surface area contributed by atoms with E-state index in [0.29, 0.717) is 57.6 Å². The lowest BCUT2D eigenvalue weighted by Gasteiger charge is -2.47. The lowest BCUT2D eigenvalue weighted by molar-refractivity contribution is -0.143. The maximum absolute atomic E-state index is 13.4. The Morgan fingerprint density at radius 3 is 1.93 bits per heavy atom. The Labute approximate surface area is 228 Å². The minimum absolute atomic E-state index is 0.0139. The number of hydrogen-bond donors (Lipinski definition) is 1. The van der Waals surface area contributed by atoms with Crippen molar-refractivity contribution in [3.8, 4) is 0 Å². The largest absolute Gasteiger partial charge is 0.465 e. The summed E-state index contributed by atoms with van der Waals surface area (Å²) in [5.74, 6) is -1.17. The van der Waals surface area contributed by atoms with Crippen molar-refractivity contribution in [2.24, 2.45) is 0 Å². The van der Waals surface area contributed by atoms with Crippen molar-refractivity contribution in [2.75, 3.05) is 33.2 Å². The zero-order valence-corrected chi connectivity index (χ0v) is 22.1. The van der Waals surface area contributed by atoms with Crippen LogP contribution in [-0.4, -0.2) is 77.1 Å². The number of carbonyl (C=O) groups excluding carboxylic acids is 1. The number of piperidine rings is 2. The molecule has 2 amide bonds. The summed E-state index contributed by atoms with van der Waals surface area (Å²) in [6.45, 7) is 3.81. The fraction of sp³-hybridized carbons (Fsp3) is 0.500. The number of carbonyl (C=O) groups is 2. The third-order valence-corrected chi connectivity index (χ3v) is 8.02. The molecule has 218 valence electrons. The summed E-state index contributed by atoms with van der Waals surface area (Å²) >= 11 is 0. The molecule has 2 heterocycles. The Hall–Kier alpha value is -3.28. The lowest BCUT2D eigenvalue weighted by atomic mass is 9.83. The van der Waals surface area contributed by atoms with E-state index < -0.39 is 47.1 Å². The van der Waals surface area contributed by atoms with Gasteiger partial charge in [-0.05, 0) is 49.9 Å². The van der Waals surface area contributed by atoms with Crippen molar-refractivity contribution in [3.63, 3.8) is 0 Å². The minimum atomic E-state index is -5.05. The Balaban J connectivity index is 1.62. The van der Waals surface area contributed by atoms with Crippen LogP contribution in [0.15, 0.2) is 42.5 Å². The van der Waals surface area contributed by atoms with Gasteiger partial charge in [0.1, 0.15) is 0 Å². The maximum Gasteiger partial charge on any atom is 0.416 e. The first-order chi connectivity index (χ1) is 18.6.